The molecule has 0 amide bonds. The summed E-state index contributed by atoms with van der Waals surface area (Å²) in [5.74, 6) is -0.390. The van der Waals surface area contributed by atoms with Crippen LogP contribution in [-0.2, 0) is 6.18 Å². The Morgan fingerprint density at radius 1 is 1.22 bits per heavy atom. The number of fused-ring (bicyclic) bond motifs is 1. The molecule has 3 rings (SSSR count). The summed E-state index contributed by atoms with van der Waals surface area (Å²) < 4.78 is 45.2. The molecule has 7 heteroatoms. The maximum atomic E-state index is 13.4. The monoisotopic (exact) mass is 317 g/mol. The highest BCUT2D eigenvalue weighted by Gasteiger charge is 2.36. The summed E-state index contributed by atoms with van der Waals surface area (Å²) in [5, 5.41) is -0.376. The Morgan fingerprint density at radius 3 is 2.43 bits per heavy atom. The van der Waals surface area contributed by atoms with Crippen molar-refractivity contribution < 1.29 is 17.6 Å². The quantitative estimate of drug-likeness (QED) is 0.646. The molecular formula is C16H10F3N3O. The van der Waals surface area contributed by atoms with E-state index in [1.807, 2.05) is 6.92 Å². The summed E-state index contributed by atoms with van der Waals surface area (Å²) in [6.45, 7) is 8.80. The predicted molar refractivity (Wildman–Crippen MR) is 79.9 cm³/mol. The lowest BCUT2D eigenvalue weighted by Crippen LogP contribution is -2.07. The number of nitrogen functional groups attached to an aromatic ring is 1. The van der Waals surface area contributed by atoms with Crippen LogP contribution in [-0.4, -0.2) is 4.98 Å². The molecule has 0 atom stereocenters. The van der Waals surface area contributed by atoms with Gasteiger partial charge in [0.15, 0.2) is 0 Å². The van der Waals surface area contributed by atoms with E-state index in [4.69, 9.17) is 16.7 Å². The number of aromatic nitrogens is 1. The number of alkyl halides is 3. The molecule has 0 saturated carbocycles. The number of furan rings is 1. The first kappa shape index (κ1) is 14.9. The van der Waals surface area contributed by atoms with Crippen molar-refractivity contribution in [2.24, 2.45) is 0 Å². The third kappa shape index (κ3) is 2.48. The molecule has 0 unspecified atom stereocenters. The number of halogens is 3. The van der Waals surface area contributed by atoms with Crippen LogP contribution in [0, 0.1) is 13.5 Å². The molecule has 2 N–H and O–H groups in total. The summed E-state index contributed by atoms with van der Waals surface area (Å²) in [4.78, 5) is 7.08. The number of hydrogen-bond acceptors (Lipinski definition) is 3. The molecule has 3 aromatic rings. The standard InChI is InChI=1S/C16H10F3N3O/c1-8-3-5-9(6-4-8)11-7-10(16(17,18)19)12-13(20)15(21-2)23-14(12)22-11/h3-7H,20H2,1H3. The zero-order valence-electron chi connectivity index (χ0n) is 11.9. The second-order valence-electron chi connectivity index (χ2n) is 5.03. The van der Waals surface area contributed by atoms with Gasteiger partial charge in [-0.05, 0) is 13.0 Å². The van der Waals surface area contributed by atoms with Crippen molar-refractivity contribution in [3.8, 4) is 11.3 Å². The third-order valence-corrected chi connectivity index (χ3v) is 3.43. The second kappa shape index (κ2) is 5.02. The minimum Gasteiger partial charge on any atom is -0.463 e. The van der Waals surface area contributed by atoms with Crippen molar-refractivity contribution in [2.45, 2.75) is 13.1 Å². The van der Waals surface area contributed by atoms with Gasteiger partial charge in [-0.25, -0.2) is 4.98 Å². The molecule has 0 radical (unpaired) electrons. The number of rotatable bonds is 1. The minimum absolute atomic E-state index is 0.107. The highest BCUT2D eigenvalue weighted by molar-refractivity contribution is 5.98. The van der Waals surface area contributed by atoms with E-state index in [1.54, 1.807) is 24.3 Å². The normalized spacial score (nSPS) is 11.6. The lowest BCUT2D eigenvalue weighted by molar-refractivity contribution is -0.136. The summed E-state index contributed by atoms with van der Waals surface area (Å²) in [7, 11) is 0. The summed E-state index contributed by atoms with van der Waals surface area (Å²) >= 11 is 0. The molecule has 0 saturated heterocycles. The molecule has 0 aliphatic carbocycles. The van der Waals surface area contributed by atoms with Gasteiger partial charge in [-0.3, -0.25) is 0 Å². The van der Waals surface area contributed by atoms with Crippen molar-refractivity contribution in [1.29, 1.82) is 0 Å². The van der Waals surface area contributed by atoms with E-state index in [1.165, 1.54) is 0 Å². The average molecular weight is 317 g/mol. The molecule has 23 heavy (non-hydrogen) atoms. The zero-order chi connectivity index (χ0) is 16.8. The van der Waals surface area contributed by atoms with Gasteiger partial charge in [0.1, 0.15) is 0 Å². The Labute approximate surface area is 129 Å². The van der Waals surface area contributed by atoms with Crippen LogP contribution in [0.1, 0.15) is 11.1 Å². The first-order valence-electron chi connectivity index (χ1n) is 6.56. The molecule has 2 aromatic heterocycles. The fraction of sp³-hybridized carbons (Fsp3) is 0.125. The first-order valence-corrected chi connectivity index (χ1v) is 6.56. The fourth-order valence-corrected chi connectivity index (χ4v) is 2.29. The van der Waals surface area contributed by atoms with Gasteiger partial charge in [-0.15, -0.1) is 0 Å². The predicted octanol–water partition coefficient (Wildman–Crippen LogP) is 4.96. The molecule has 0 bridgehead atoms. The molecule has 0 spiro atoms. The Kier molecular flexibility index (Phi) is 3.25. The van der Waals surface area contributed by atoms with Crippen molar-refractivity contribution in [3.05, 3.63) is 52.9 Å². The highest BCUT2D eigenvalue weighted by atomic mass is 19.4. The van der Waals surface area contributed by atoms with Crippen LogP contribution in [0.15, 0.2) is 34.7 Å². The fourth-order valence-electron chi connectivity index (χ4n) is 2.29. The van der Waals surface area contributed by atoms with Gasteiger partial charge in [0.25, 0.3) is 0 Å². The van der Waals surface area contributed by atoms with Crippen molar-refractivity contribution >= 4 is 22.7 Å². The van der Waals surface area contributed by atoms with E-state index in [0.29, 0.717) is 5.56 Å². The van der Waals surface area contributed by atoms with Gasteiger partial charge in [-0.2, -0.15) is 18.0 Å². The first-order chi connectivity index (χ1) is 10.8. The molecule has 0 fully saturated rings. The van der Waals surface area contributed by atoms with Crippen LogP contribution < -0.4 is 5.73 Å². The summed E-state index contributed by atoms with van der Waals surface area (Å²) in [5.41, 5.74) is 5.61. The average Bonchev–Trinajstić information content (AvgIpc) is 2.82. The van der Waals surface area contributed by atoms with Gasteiger partial charge < -0.3 is 10.2 Å². The SMILES string of the molecule is [C-]#[N+]c1oc2nc(-c3ccc(C)cc3)cc(C(F)(F)F)c2c1N. The van der Waals surface area contributed by atoms with Gasteiger partial charge in [0, 0.05) is 5.56 Å². The van der Waals surface area contributed by atoms with E-state index in [-0.39, 0.29) is 28.4 Å². The molecule has 0 aliphatic rings. The highest BCUT2D eigenvalue weighted by Crippen LogP contribution is 2.43. The minimum atomic E-state index is -4.64. The van der Waals surface area contributed by atoms with Crippen LogP contribution in [0.4, 0.5) is 24.7 Å². The lowest BCUT2D eigenvalue weighted by Gasteiger charge is -2.10. The van der Waals surface area contributed by atoms with Gasteiger partial charge in [0.05, 0.1) is 28.9 Å². The molecule has 4 nitrogen and oxygen atoms in total. The Bertz CT molecular complexity index is 934. The van der Waals surface area contributed by atoms with E-state index in [9.17, 15) is 13.2 Å². The molecule has 116 valence electrons. The van der Waals surface area contributed by atoms with Gasteiger partial charge in [-0.1, -0.05) is 29.8 Å². The van der Waals surface area contributed by atoms with Crippen LogP contribution in [0.2, 0.25) is 0 Å². The lowest BCUT2D eigenvalue weighted by atomic mass is 10.0. The number of benzene rings is 1. The topological polar surface area (TPSA) is 56.4 Å². The summed E-state index contributed by atoms with van der Waals surface area (Å²) in [6.07, 6.45) is -4.64. The number of nitrogens with zero attached hydrogens (tertiary/aromatic N) is 2. The van der Waals surface area contributed by atoms with Crippen molar-refractivity contribution in [3.63, 3.8) is 0 Å². The van der Waals surface area contributed by atoms with Crippen LogP contribution in [0.5, 0.6) is 0 Å². The number of anilines is 1. The van der Waals surface area contributed by atoms with Crippen LogP contribution >= 0.6 is 0 Å². The van der Waals surface area contributed by atoms with Crippen LogP contribution in [0.25, 0.3) is 27.2 Å². The maximum absolute atomic E-state index is 13.4. The smallest absolute Gasteiger partial charge is 0.417 e. The van der Waals surface area contributed by atoms with Crippen LogP contribution in [0.3, 0.4) is 0 Å². The van der Waals surface area contributed by atoms with E-state index in [0.717, 1.165) is 11.6 Å². The third-order valence-electron chi connectivity index (χ3n) is 3.43. The van der Waals surface area contributed by atoms with E-state index >= 15 is 0 Å². The Hall–Kier alpha value is -3.01. The Morgan fingerprint density at radius 2 is 1.87 bits per heavy atom. The second-order valence-corrected chi connectivity index (χ2v) is 5.03. The zero-order valence-corrected chi connectivity index (χ0v) is 11.9. The number of hydrogen-bond donors (Lipinski definition) is 1. The number of aryl methyl sites for hydroxylation is 1. The molecule has 0 aliphatic heterocycles. The molecule has 2 heterocycles. The van der Waals surface area contributed by atoms with Crippen molar-refractivity contribution in [1.82, 2.24) is 4.98 Å². The van der Waals surface area contributed by atoms with Gasteiger partial charge in [0.2, 0.25) is 5.71 Å². The molecular weight excluding hydrogens is 307 g/mol. The maximum Gasteiger partial charge on any atom is 0.417 e. The van der Waals surface area contributed by atoms with E-state index < -0.39 is 11.7 Å². The number of pyridine rings is 1. The van der Waals surface area contributed by atoms with E-state index in [2.05, 4.69) is 9.83 Å². The molecule has 1 aromatic carbocycles. The summed E-state index contributed by atoms with van der Waals surface area (Å²) in [6, 6.07) is 7.81. The van der Waals surface area contributed by atoms with Gasteiger partial charge >= 0.3 is 12.1 Å². The largest absolute Gasteiger partial charge is 0.463 e. The number of nitrogens with two attached hydrogens (primary N) is 1. The Balaban J connectivity index is 2.34. The van der Waals surface area contributed by atoms with Crippen molar-refractivity contribution in [2.75, 3.05) is 5.73 Å².